The van der Waals surface area contributed by atoms with Gasteiger partial charge in [-0.15, -0.1) is 0 Å². The fourth-order valence-corrected chi connectivity index (χ4v) is 2.46. The lowest BCUT2D eigenvalue weighted by Gasteiger charge is -2.08. The highest BCUT2D eigenvalue weighted by Gasteiger charge is 2.10. The van der Waals surface area contributed by atoms with Gasteiger partial charge in [0.2, 0.25) is 0 Å². The zero-order chi connectivity index (χ0) is 14.7. The van der Waals surface area contributed by atoms with Crippen LogP contribution in [0, 0.1) is 20.6 Å². The number of carbonyl (C=O) groups is 1. The van der Waals surface area contributed by atoms with Gasteiger partial charge in [0.1, 0.15) is 0 Å². The van der Waals surface area contributed by atoms with E-state index in [0.717, 1.165) is 14.8 Å². The Morgan fingerprint density at radius 2 is 1.85 bits per heavy atom. The Morgan fingerprint density at radius 1 is 1.20 bits per heavy atom. The van der Waals surface area contributed by atoms with Crippen molar-refractivity contribution in [2.45, 2.75) is 6.92 Å². The summed E-state index contributed by atoms with van der Waals surface area (Å²) in [5.74, 6) is -0.290. The molecule has 0 saturated heterocycles. The maximum Gasteiger partial charge on any atom is 0.269 e. The molecule has 1 amide bonds. The van der Waals surface area contributed by atoms with Gasteiger partial charge in [0.25, 0.3) is 11.6 Å². The molecule has 0 aromatic heterocycles. The SMILES string of the molecule is Cc1ccc(NC(=O)c2ccc([N+](=O)[O-])cc2)c(I)c1. The quantitative estimate of drug-likeness (QED) is 0.499. The number of nitrogens with zero attached hydrogens (tertiary/aromatic N) is 1. The molecule has 0 saturated carbocycles. The van der Waals surface area contributed by atoms with Gasteiger partial charge in [-0.3, -0.25) is 14.9 Å². The summed E-state index contributed by atoms with van der Waals surface area (Å²) < 4.78 is 0.942. The van der Waals surface area contributed by atoms with Gasteiger partial charge in [0.15, 0.2) is 0 Å². The van der Waals surface area contributed by atoms with Crippen molar-refractivity contribution in [1.29, 1.82) is 0 Å². The van der Waals surface area contributed by atoms with Crippen LogP contribution in [0.4, 0.5) is 11.4 Å². The first kappa shape index (κ1) is 14.4. The second-order valence-corrected chi connectivity index (χ2v) is 5.40. The zero-order valence-corrected chi connectivity index (χ0v) is 12.7. The van der Waals surface area contributed by atoms with Gasteiger partial charge in [0.05, 0.1) is 10.6 Å². The fourth-order valence-electron chi connectivity index (χ4n) is 1.65. The molecule has 0 unspecified atom stereocenters. The summed E-state index contributed by atoms with van der Waals surface area (Å²) in [4.78, 5) is 22.1. The average Bonchev–Trinajstić information content (AvgIpc) is 2.42. The second-order valence-electron chi connectivity index (χ2n) is 4.24. The van der Waals surface area contributed by atoms with Crippen LogP contribution in [0.15, 0.2) is 42.5 Å². The number of nitro benzene ring substituents is 1. The van der Waals surface area contributed by atoms with E-state index in [1.807, 2.05) is 25.1 Å². The summed E-state index contributed by atoms with van der Waals surface area (Å²) in [5.41, 5.74) is 2.18. The molecule has 0 fully saturated rings. The van der Waals surface area contributed by atoms with Gasteiger partial charge in [-0.25, -0.2) is 0 Å². The molecule has 0 heterocycles. The van der Waals surface area contributed by atoms with Crippen LogP contribution in [0.1, 0.15) is 15.9 Å². The van der Waals surface area contributed by atoms with Crippen molar-refractivity contribution >= 4 is 39.9 Å². The Labute approximate surface area is 129 Å². The van der Waals surface area contributed by atoms with E-state index in [2.05, 4.69) is 27.9 Å². The van der Waals surface area contributed by atoms with Crippen molar-refractivity contribution in [2.75, 3.05) is 5.32 Å². The van der Waals surface area contributed by atoms with E-state index >= 15 is 0 Å². The van der Waals surface area contributed by atoms with Gasteiger partial charge in [0, 0.05) is 21.3 Å². The Balaban J connectivity index is 2.17. The van der Waals surface area contributed by atoms with Crippen LogP contribution in [0.5, 0.6) is 0 Å². The first-order chi connectivity index (χ1) is 9.47. The van der Waals surface area contributed by atoms with E-state index in [1.54, 1.807) is 0 Å². The van der Waals surface area contributed by atoms with E-state index < -0.39 is 4.92 Å². The fraction of sp³-hybridized carbons (Fsp3) is 0.0714. The lowest BCUT2D eigenvalue weighted by atomic mass is 10.2. The molecular weight excluding hydrogens is 371 g/mol. The van der Waals surface area contributed by atoms with Crippen molar-refractivity contribution in [1.82, 2.24) is 0 Å². The van der Waals surface area contributed by atoms with Crippen molar-refractivity contribution in [3.8, 4) is 0 Å². The number of hydrogen-bond donors (Lipinski definition) is 1. The van der Waals surface area contributed by atoms with Gasteiger partial charge in [-0.1, -0.05) is 6.07 Å². The van der Waals surface area contributed by atoms with Crippen molar-refractivity contribution in [3.05, 3.63) is 67.3 Å². The smallest absolute Gasteiger partial charge is 0.269 e. The maximum atomic E-state index is 12.0. The third-order valence-corrected chi connectivity index (χ3v) is 3.61. The molecule has 0 aliphatic carbocycles. The number of aryl methyl sites for hydroxylation is 1. The minimum atomic E-state index is -0.495. The molecule has 0 atom stereocenters. The topological polar surface area (TPSA) is 72.2 Å². The summed E-state index contributed by atoms with van der Waals surface area (Å²) >= 11 is 2.15. The normalized spacial score (nSPS) is 10.1. The molecule has 2 aromatic carbocycles. The molecule has 0 aliphatic heterocycles. The van der Waals surface area contributed by atoms with Crippen LogP contribution in [0.25, 0.3) is 0 Å². The number of rotatable bonds is 3. The molecule has 2 aromatic rings. The summed E-state index contributed by atoms with van der Waals surface area (Å²) in [6, 6.07) is 11.2. The predicted molar refractivity (Wildman–Crippen MR) is 84.9 cm³/mol. The first-order valence-corrected chi connectivity index (χ1v) is 6.87. The summed E-state index contributed by atoms with van der Waals surface area (Å²) in [7, 11) is 0. The summed E-state index contributed by atoms with van der Waals surface area (Å²) in [6.07, 6.45) is 0. The standard InChI is InChI=1S/C14H11IN2O3/c1-9-2-7-13(12(15)8-9)16-14(18)10-3-5-11(6-4-10)17(19)20/h2-8H,1H3,(H,16,18). The van der Waals surface area contributed by atoms with E-state index in [4.69, 9.17) is 0 Å². The Bertz CT molecular complexity index is 669. The minimum Gasteiger partial charge on any atom is -0.321 e. The van der Waals surface area contributed by atoms with E-state index in [-0.39, 0.29) is 11.6 Å². The lowest BCUT2D eigenvalue weighted by molar-refractivity contribution is -0.384. The average molecular weight is 382 g/mol. The third-order valence-electron chi connectivity index (χ3n) is 2.71. The van der Waals surface area contributed by atoms with Gasteiger partial charge in [-0.2, -0.15) is 0 Å². The van der Waals surface area contributed by atoms with Crippen LogP contribution in [0.3, 0.4) is 0 Å². The highest BCUT2D eigenvalue weighted by Crippen LogP contribution is 2.20. The zero-order valence-electron chi connectivity index (χ0n) is 10.6. The molecule has 0 aliphatic rings. The van der Waals surface area contributed by atoms with Crippen LogP contribution < -0.4 is 5.32 Å². The number of carbonyl (C=O) groups excluding carboxylic acids is 1. The summed E-state index contributed by atoms with van der Waals surface area (Å²) in [6.45, 7) is 1.98. The monoisotopic (exact) mass is 382 g/mol. The number of halogens is 1. The van der Waals surface area contributed by atoms with Crippen molar-refractivity contribution in [2.24, 2.45) is 0 Å². The molecule has 102 valence electrons. The molecule has 1 N–H and O–H groups in total. The number of anilines is 1. The molecule has 20 heavy (non-hydrogen) atoms. The number of non-ortho nitro benzene ring substituents is 1. The maximum absolute atomic E-state index is 12.0. The van der Waals surface area contributed by atoms with Gasteiger partial charge < -0.3 is 5.32 Å². The molecule has 0 spiro atoms. The first-order valence-electron chi connectivity index (χ1n) is 5.79. The third kappa shape index (κ3) is 3.32. The molecule has 2 rings (SSSR count). The number of benzene rings is 2. The highest BCUT2D eigenvalue weighted by molar-refractivity contribution is 14.1. The van der Waals surface area contributed by atoms with Crippen molar-refractivity contribution in [3.63, 3.8) is 0 Å². The Hall–Kier alpha value is -1.96. The van der Waals surface area contributed by atoms with Crippen LogP contribution in [-0.2, 0) is 0 Å². The predicted octanol–water partition coefficient (Wildman–Crippen LogP) is 3.76. The molecule has 0 bridgehead atoms. The van der Waals surface area contributed by atoms with E-state index in [0.29, 0.717) is 5.56 Å². The largest absolute Gasteiger partial charge is 0.321 e. The van der Waals surface area contributed by atoms with Crippen LogP contribution in [0.2, 0.25) is 0 Å². The molecule has 5 nitrogen and oxygen atoms in total. The molecule has 6 heteroatoms. The Kier molecular flexibility index (Phi) is 4.33. The van der Waals surface area contributed by atoms with Crippen molar-refractivity contribution < 1.29 is 9.72 Å². The molecular formula is C14H11IN2O3. The van der Waals surface area contributed by atoms with E-state index in [9.17, 15) is 14.9 Å². The van der Waals surface area contributed by atoms with E-state index in [1.165, 1.54) is 24.3 Å². The lowest BCUT2D eigenvalue weighted by Crippen LogP contribution is -2.12. The van der Waals surface area contributed by atoms with Crippen LogP contribution >= 0.6 is 22.6 Å². The second kappa shape index (κ2) is 6.00. The summed E-state index contributed by atoms with van der Waals surface area (Å²) in [5, 5.41) is 13.3. The number of hydrogen-bond acceptors (Lipinski definition) is 3. The van der Waals surface area contributed by atoms with Gasteiger partial charge >= 0.3 is 0 Å². The minimum absolute atomic E-state index is 0.0357. The Morgan fingerprint density at radius 3 is 2.40 bits per heavy atom. The van der Waals surface area contributed by atoms with Gasteiger partial charge in [-0.05, 0) is 59.3 Å². The number of nitro groups is 1. The number of amides is 1. The molecule has 0 radical (unpaired) electrons. The number of nitrogens with one attached hydrogen (secondary N) is 1. The van der Waals surface area contributed by atoms with Crippen LogP contribution in [-0.4, -0.2) is 10.8 Å². The highest BCUT2D eigenvalue weighted by atomic mass is 127.